The molecule has 0 aliphatic rings. The van der Waals surface area contributed by atoms with E-state index in [0.717, 1.165) is 12.3 Å². The molecular formula is C12H12F4N2Sn. The van der Waals surface area contributed by atoms with Gasteiger partial charge in [0.2, 0.25) is 0 Å². The van der Waals surface area contributed by atoms with Crippen LogP contribution in [0.15, 0.2) is 18.3 Å². The Labute approximate surface area is 111 Å². The van der Waals surface area contributed by atoms with Gasteiger partial charge in [0, 0.05) is 0 Å². The van der Waals surface area contributed by atoms with E-state index in [1.54, 1.807) is 0 Å². The van der Waals surface area contributed by atoms with E-state index in [2.05, 4.69) is 9.97 Å². The van der Waals surface area contributed by atoms with Crippen LogP contribution in [0, 0.1) is 5.82 Å². The second-order valence-electron chi connectivity index (χ2n) is 5.33. The van der Waals surface area contributed by atoms with E-state index in [4.69, 9.17) is 0 Å². The van der Waals surface area contributed by atoms with Crippen molar-refractivity contribution in [3.8, 4) is 0 Å². The monoisotopic (exact) mass is 380 g/mol. The first kappa shape index (κ1) is 14.5. The van der Waals surface area contributed by atoms with E-state index in [-0.39, 0.29) is 9.23 Å². The van der Waals surface area contributed by atoms with Crippen molar-refractivity contribution in [2.24, 2.45) is 0 Å². The molecule has 19 heavy (non-hydrogen) atoms. The number of rotatable bonds is 1. The summed E-state index contributed by atoms with van der Waals surface area (Å²) >= 11 is -3.02. The molecule has 0 N–H and O–H groups in total. The van der Waals surface area contributed by atoms with Gasteiger partial charge in [0.15, 0.2) is 0 Å². The van der Waals surface area contributed by atoms with E-state index in [1.807, 2.05) is 14.8 Å². The number of hydrogen-bond donors (Lipinski definition) is 0. The molecule has 0 unspecified atom stereocenters. The van der Waals surface area contributed by atoms with Gasteiger partial charge in [-0.15, -0.1) is 0 Å². The molecule has 0 saturated carbocycles. The van der Waals surface area contributed by atoms with Crippen LogP contribution in [0.4, 0.5) is 17.6 Å². The minimum atomic E-state index is -4.51. The number of aromatic nitrogens is 2. The Morgan fingerprint density at radius 2 is 1.74 bits per heavy atom. The summed E-state index contributed by atoms with van der Waals surface area (Å²) in [6.45, 7) is 0. The van der Waals surface area contributed by atoms with Gasteiger partial charge in [-0.3, -0.25) is 0 Å². The molecule has 0 saturated heterocycles. The van der Waals surface area contributed by atoms with Crippen molar-refractivity contribution in [1.29, 1.82) is 0 Å². The van der Waals surface area contributed by atoms with Crippen LogP contribution in [0.3, 0.4) is 0 Å². The Balaban J connectivity index is 2.82. The molecule has 102 valence electrons. The molecule has 2 rings (SSSR count). The van der Waals surface area contributed by atoms with Crippen LogP contribution in [-0.4, -0.2) is 28.3 Å². The van der Waals surface area contributed by atoms with Crippen LogP contribution < -0.4 is 3.58 Å². The van der Waals surface area contributed by atoms with Gasteiger partial charge < -0.3 is 0 Å². The second-order valence-corrected chi connectivity index (χ2v) is 19.7. The van der Waals surface area contributed by atoms with Crippen molar-refractivity contribution in [3.05, 3.63) is 29.8 Å². The van der Waals surface area contributed by atoms with E-state index >= 15 is 0 Å². The Morgan fingerprint density at radius 1 is 1.11 bits per heavy atom. The summed E-state index contributed by atoms with van der Waals surface area (Å²) in [6, 6.07) is 2.56. The maximum atomic E-state index is 13.1. The summed E-state index contributed by atoms with van der Waals surface area (Å²) in [5.74, 6) is -0.580. The van der Waals surface area contributed by atoms with E-state index < -0.39 is 36.1 Å². The van der Waals surface area contributed by atoms with Gasteiger partial charge in [-0.1, -0.05) is 0 Å². The molecule has 2 aromatic rings. The van der Waals surface area contributed by atoms with E-state index in [1.165, 1.54) is 6.07 Å². The summed E-state index contributed by atoms with van der Waals surface area (Å²) in [4.78, 5) is 12.8. The zero-order valence-corrected chi connectivity index (χ0v) is 13.5. The van der Waals surface area contributed by atoms with Gasteiger partial charge >= 0.3 is 111 Å². The first-order chi connectivity index (χ1) is 8.59. The van der Waals surface area contributed by atoms with Crippen LogP contribution in [0.5, 0.6) is 0 Å². The Bertz CT molecular complexity index is 632. The molecule has 0 bridgehead atoms. The summed E-state index contributed by atoms with van der Waals surface area (Å²) in [7, 11) is 0. The molecular weight excluding hydrogens is 367 g/mol. The molecule has 0 aliphatic heterocycles. The molecule has 0 radical (unpaired) electrons. The van der Waals surface area contributed by atoms with Gasteiger partial charge in [0.1, 0.15) is 0 Å². The van der Waals surface area contributed by atoms with Crippen LogP contribution in [-0.2, 0) is 6.18 Å². The first-order valence-electron chi connectivity index (χ1n) is 5.63. The van der Waals surface area contributed by atoms with Crippen LogP contribution >= 0.6 is 0 Å². The quantitative estimate of drug-likeness (QED) is 0.562. The van der Waals surface area contributed by atoms with Crippen molar-refractivity contribution >= 4 is 33.0 Å². The Kier molecular flexibility index (Phi) is 3.49. The molecule has 0 atom stereocenters. The topological polar surface area (TPSA) is 25.8 Å². The predicted octanol–water partition coefficient (Wildman–Crippen LogP) is 3.33. The minimum absolute atomic E-state index is 0.0759. The third kappa shape index (κ3) is 2.98. The van der Waals surface area contributed by atoms with Crippen LogP contribution in [0.2, 0.25) is 14.8 Å². The van der Waals surface area contributed by atoms with Gasteiger partial charge in [-0.05, 0) is 0 Å². The molecule has 0 aromatic carbocycles. The van der Waals surface area contributed by atoms with Crippen molar-refractivity contribution in [1.82, 2.24) is 9.97 Å². The Morgan fingerprint density at radius 3 is 2.26 bits per heavy atom. The molecule has 0 amide bonds. The van der Waals surface area contributed by atoms with Gasteiger partial charge in [-0.2, -0.15) is 0 Å². The van der Waals surface area contributed by atoms with Crippen molar-refractivity contribution in [2.45, 2.75) is 21.0 Å². The normalized spacial score (nSPS) is 13.0. The molecule has 7 heteroatoms. The summed E-state index contributed by atoms with van der Waals surface area (Å²) in [6.07, 6.45) is -3.64. The third-order valence-corrected chi connectivity index (χ3v) is 8.41. The molecule has 0 aliphatic carbocycles. The number of halogens is 4. The standard InChI is InChI=1S/C9H3F4N2.3CH3.Sn/c10-6-3-5-1-2-7(9(11,12)13)15-8(5)14-4-6;;;;/h1,3-4H;3*1H3;. The van der Waals surface area contributed by atoms with Gasteiger partial charge in [0.05, 0.1) is 0 Å². The number of nitrogens with zero attached hydrogens (tertiary/aromatic N) is 2. The summed E-state index contributed by atoms with van der Waals surface area (Å²) in [5.41, 5.74) is -0.949. The van der Waals surface area contributed by atoms with Gasteiger partial charge in [-0.25, -0.2) is 0 Å². The van der Waals surface area contributed by atoms with E-state index in [9.17, 15) is 17.6 Å². The van der Waals surface area contributed by atoms with Crippen LogP contribution in [0.25, 0.3) is 11.0 Å². The van der Waals surface area contributed by atoms with E-state index in [0.29, 0.717) is 5.39 Å². The second kappa shape index (κ2) is 4.57. The SMILES string of the molecule is [CH3][Sn]([CH3])([CH3])[c]1cc2cc(F)cnc2nc1C(F)(F)F. The zero-order chi connectivity index (χ0) is 14.4. The fraction of sp³-hybridized carbons (Fsp3) is 0.333. The number of alkyl halides is 3. The number of pyridine rings is 2. The van der Waals surface area contributed by atoms with Crippen molar-refractivity contribution < 1.29 is 17.6 Å². The average molecular weight is 379 g/mol. The maximum absolute atomic E-state index is 13.1. The van der Waals surface area contributed by atoms with Crippen molar-refractivity contribution in [2.75, 3.05) is 0 Å². The predicted molar refractivity (Wildman–Crippen MR) is 67.5 cm³/mol. The third-order valence-electron chi connectivity index (χ3n) is 2.71. The Hall–Kier alpha value is -0.921. The summed E-state index contributed by atoms with van der Waals surface area (Å²) < 4.78 is 52.5. The van der Waals surface area contributed by atoms with Crippen LogP contribution in [0.1, 0.15) is 5.69 Å². The van der Waals surface area contributed by atoms with Gasteiger partial charge in [0.25, 0.3) is 0 Å². The number of hydrogen-bond acceptors (Lipinski definition) is 2. The summed E-state index contributed by atoms with van der Waals surface area (Å²) in [5, 5.41) is 0.314. The molecule has 2 heterocycles. The zero-order valence-electron chi connectivity index (χ0n) is 10.6. The van der Waals surface area contributed by atoms with Crippen molar-refractivity contribution in [3.63, 3.8) is 0 Å². The molecule has 0 fully saturated rings. The first-order valence-corrected chi connectivity index (χ1v) is 15.6. The molecule has 0 spiro atoms. The average Bonchev–Trinajstić information content (AvgIpc) is 2.24. The molecule has 2 nitrogen and oxygen atoms in total. The molecule has 2 aromatic heterocycles. The number of fused-ring (bicyclic) bond motifs is 1. The fourth-order valence-corrected chi connectivity index (χ4v) is 6.10. The fourth-order valence-electron chi connectivity index (χ4n) is 1.83.